The molecule has 2 aromatic heterocycles. The molecular weight excluding hydrogens is 429 g/mol. The Labute approximate surface area is 181 Å². The van der Waals surface area contributed by atoms with Crippen LogP contribution in [0.25, 0.3) is 0 Å². The number of nitrogens with zero attached hydrogens (tertiary/aromatic N) is 4. The normalized spacial score (nSPS) is 18.1. The fourth-order valence-corrected chi connectivity index (χ4v) is 3.73. The lowest BCUT2D eigenvalue weighted by Gasteiger charge is -2.35. The maximum atomic E-state index is 13.1. The Hall–Kier alpha value is -3.57. The second-order valence-corrected chi connectivity index (χ2v) is 7.55. The first-order valence-corrected chi connectivity index (χ1v) is 9.91. The zero-order valence-electron chi connectivity index (χ0n) is 17.3. The number of alkyl halides is 3. The number of aromatic nitrogens is 2. The Kier molecular flexibility index (Phi) is 5.53. The molecule has 0 radical (unpaired) electrons. The van der Waals surface area contributed by atoms with Crippen molar-refractivity contribution in [2.45, 2.75) is 31.6 Å². The molecule has 32 heavy (non-hydrogen) atoms. The number of urea groups is 1. The van der Waals surface area contributed by atoms with Crippen LogP contribution in [0.5, 0.6) is 5.75 Å². The summed E-state index contributed by atoms with van der Waals surface area (Å²) in [6, 6.07) is 3.40. The van der Waals surface area contributed by atoms with E-state index in [2.05, 4.69) is 15.3 Å². The van der Waals surface area contributed by atoms with Crippen LogP contribution >= 0.6 is 0 Å². The zero-order chi connectivity index (χ0) is 23.0. The highest BCUT2D eigenvalue weighted by molar-refractivity contribution is 6.05. The molecular formula is C20H21F3N6O3. The van der Waals surface area contributed by atoms with Gasteiger partial charge < -0.3 is 15.0 Å². The SMILES string of the molecule is COc1ccnc(NC(=O)N2c3nc(C(=O)N[C@H](C)C(F)(F)F)ccc3N3CCC2C3)c1. The van der Waals surface area contributed by atoms with Crippen LogP contribution in [0.3, 0.4) is 0 Å². The molecule has 12 heteroatoms. The monoisotopic (exact) mass is 450 g/mol. The zero-order valence-corrected chi connectivity index (χ0v) is 17.3. The number of amides is 3. The predicted molar refractivity (Wildman–Crippen MR) is 110 cm³/mol. The summed E-state index contributed by atoms with van der Waals surface area (Å²) < 4.78 is 43.6. The van der Waals surface area contributed by atoms with Crippen molar-refractivity contribution in [3.8, 4) is 5.75 Å². The summed E-state index contributed by atoms with van der Waals surface area (Å²) in [5.74, 6) is 0.0216. The number of fused-ring (bicyclic) bond motifs is 4. The van der Waals surface area contributed by atoms with Crippen molar-refractivity contribution in [1.82, 2.24) is 15.3 Å². The number of halogens is 3. The average Bonchev–Trinajstić information content (AvgIpc) is 3.17. The van der Waals surface area contributed by atoms with Gasteiger partial charge in [0.25, 0.3) is 5.91 Å². The van der Waals surface area contributed by atoms with Crippen LogP contribution in [0.2, 0.25) is 0 Å². The highest BCUT2D eigenvalue weighted by atomic mass is 19.4. The lowest BCUT2D eigenvalue weighted by molar-refractivity contribution is -0.149. The molecule has 0 spiro atoms. The Balaban J connectivity index is 1.62. The molecule has 4 heterocycles. The summed E-state index contributed by atoms with van der Waals surface area (Å²) >= 11 is 0. The molecule has 1 unspecified atom stereocenters. The van der Waals surface area contributed by atoms with E-state index in [1.165, 1.54) is 24.3 Å². The Morgan fingerprint density at radius 1 is 1.28 bits per heavy atom. The largest absolute Gasteiger partial charge is 0.497 e. The summed E-state index contributed by atoms with van der Waals surface area (Å²) in [6.07, 6.45) is -2.41. The third kappa shape index (κ3) is 4.12. The molecule has 1 fully saturated rings. The van der Waals surface area contributed by atoms with Gasteiger partial charge in [-0.25, -0.2) is 14.8 Å². The second-order valence-electron chi connectivity index (χ2n) is 7.55. The van der Waals surface area contributed by atoms with Crippen LogP contribution in [-0.4, -0.2) is 60.4 Å². The lowest BCUT2D eigenvalue weighted by atomic mass is 10.1. The number of anilines is 3. The highest BCUT2D eigenvalue weighted by Crippen LogP contribution is 2.39. The van der Waals surface area contributed by atoms with Crippen molar-refractivity contribution >= 4 is 29.3 Å². The minimum Gasteiger partial charge on any atom is -0.497 e. The van der Waals surface area contributed by atoms with Gasteiger partial charge in [-0.1, -0.05) is 0 Å². The number of hydrogen-bond acceptors (Lipinski definition) is 6. The first-order valence-electron chi connectivity index (χ1n) is 9.91. The Bertz CT molecular complexity index is 1050. The maximum absolute atomic E-state index is 13.1. The molecule has 0 aromatic carbocycles. The van der Waals surface area contributed by atoms with Gasteiger partial charge in [0.1, 0.15) is 23.3 Å². The molecule has 2 atom stereocenters. The molecule has 0 aliphatic carbocycles. The highest BCUT2D eigenvalue weighted by Gasteiger charge is 2.41. The Morgan fingerprint density at radius 3 is 2.78 bits per heavy atom. The summed E-state index contributed by atoms with van der Waals surface area (Å²) in [5.41, 5.74) is 0.424. The number of carbonyl (C=O) groups excluding carboxylic acids is 2. The molecule has 3 amide bonds. The van der Waals surface area contributed by atoms with E-state index in [0.29, 0.717) is 30.9 Å². The topological polar surface area (TPSA) is 99.7 Å². The predicted octanol–water partition coefficient (Wildman–Crippen LogP) is 2.80. The van der Waals surface area contributed by atoms with Crippen LogP contribution in [0.4, 0.5) is 35.3 Å². The van der Waals surface area contributed by atoms with E-state index in [4.69, 9.17) is 4.74 Å². The van der Waals surface area contributed by atoms with E-state index in [1.54, 1.807) is 18.2 Å². The quantitative estimate of drug-likeness (QED) is 0.743. The van der Waals surface area contributed by atoms with Crippen LogP contribution < -0.4 is 25.2 Å². The molecule has 4 rings (SSSR count). The number of carbonyl (C=O) groups is 2. The number of methoxy groups -OCH3 is 1. The fraction of sp³-hybridized carbons (Fsp3) is 0.400. The van der Waals surface area contributed by atoms with E-state index in [9.17, 15) is 22.8 Å². The summed E-state index contributed by atoms with van der Waals surface area (Å²) in [6.45, 7) is 2.13. The van der Waals surface area contributed by atoms with Gasteiger partial charge in [-0.3, -0.25) is 15.0 Å². The van der Waals surface area contributed by atoms with E-state index in [0.717, 1.165) is 6.92 Å². The van der Waals surface area contributed by atoms with Gasteiger partial charge >= 0.3 is 12.2 Å². The van der Waals surface area contributed by atoms with Gasteiger partial charge in [0, 0.05) is 25.4 Å². The number of pyridine rings is 2. The molecule has 2 aromatic rings. The van der Waals surface area contributed by atoms with Gasteiger partial charge in [0.15, 0.2) is 5.82 Å². The van der Waals surface area contributed by atoms with Crippen molar-refractivity contribution in [2.24, 2.45) is 0 Å². The molecule has 0 saturated carbocycles. The van der Waals surface area contributed by atoms with Crippen LogP contribution in [-0.2, 0) is 0 Å². The lowest BCUT2D eigenvalue weighted by Crippen LogP contribution is -2.49. The van der Waals surface area contributed by atoms with Gasteiger partial charge in [-0.05, 0) is 31.5 Å². The van der Waals surface area contributed by atoms with E-state index < -0.39 is 24.2 Å². The Morgan fingerprint density at radius 2 is 2.06 bits per heavy atom. The molecule has 170 valence electrons. The minimum absolute atomic E-state index is 0.201. The van der Waals surface area contributed by atoms with Gasteiger partial charge in [-0.15, -0.1) is 0 Å². The first-order chi connectivity index (χ1) is 15.2. The smallest absolute Gasteiger partial charge is 0.408 e. The van der Waals surface area contributed by atoms with Gasteiger partial charge in [-0.2, -0.15) is 13.2 Å². The van der Waals surface area contributed by atoms with Crippen molar-refractivity contribution < 1.29 is 27.5 Å². The van der Waals surface area contributed by atoms with E-state index in [-0.39, 0.29) is 23.4 Å². The summed E-state index contributed by atoms with van der Waals surface area (Å²) in [5, 5.41) is 4.59. The van der Waals surface area contributed by atoms with Gasteiger partial charge in [0.05, 0.1) is 18.8 Å². The van der Waals surface area contributed by atoms with E-state index in [1.807, 2.05) is 10.2 Å². The van der Waals surface area contributed by atoms with Crippen LogP contribution in [0.15, 0.2) is 30.5 Å². The number of hydrogen-bond donors (Lipinski definition) is 2. The van der Waals surface area contributed by atoms with E-state index >= 15 is 0 Å². The van der Waals surface area contributed by atoms with Gasteiger partial charge in [0.2, 0.25) is 0 Å². The molecule has 9 nitrogen and oxygen atoms in total. The third-order valence-electron chi connectivity index (χ3n) is 5.44. The van der Waals surface area contributed by atoms with Crippen molar-refractivity contribution in [3.05, 3.63) is 36.2 Å². The van der Waals surface area contributed by atoms with Crippen molar-refractivity contribution in [1.29, 1.82) is 0 Å². The summed E-state index contributed by atoms with van der Waals surface area (Å²) in [4.78, 5) is 37.3. The average molecular weight is 450 g/mol. The fourth-order valence-electron chi connectivity index (χ4n) is 3.73. The number of nitrogens with one attached hydrogen (secondary N) is 2. The second kappa shape index (κ2) is 8.17. The summed E-state index contributed by atoms with van der Waals surface area (Å²) in [7, 11) is 1.49. The van der Waals surface area contributed by atoms with Crippen molar-refractivity contribution in [3.63, 3.8) is 0 Å². The standard InChI is InChI=1S/C20H21F3N6O3/c1-11(20(21,22)23)25-18(30)14-3-4-15-17(26-14)29(12-6-8-28(15)10-12)19(31)27-16-9-13(32-2)5-7-24-16/h3-5,7,9,11-12H,6,8,10H2,1-2H3,(H,25,30)(H,24,27,31)/t11-,12?/m1/s1. The van der Waals surface area contributed by atoms with Crippen LogP contribution in [0.1, 0.15) is 23.8 Å². The van der Waals surface area contributed by atoms with Crippen LogP contribution in [0, 0.1) is 0 Å². The third-order valence-corrected chi connectivity index (χ3v) is 5.44. The molecule has 2 aliphatic rings. The molecule has 2 aliphatic heterocycles. The molecule has 1 saturated heterocycles. The van der Waals surface area contributed by atoms with Crippen molar-refractivity contribution in [2.75, 3.05) is 35.3 Å². The number of ether oxygens (including phenoxy) is 1. The molecule has 2 N–H and O–H groups in total. The number of rotatable bonds is 4. The maximum Gasteiger partial charge on any atom is 0.408 e. The first kappa shape index (κ1) is 21.7. The molecule has 2 bridgehead atoms. The minimum atomic E-state index is -4.58.